The number of thiocarbonyl (C=S) groups is 1. The van der Waals surface area contributed by atoms with E-state index in [1.165, 1.54) is 12.0 Å². The number of anilines is 1. The van der Waals surface area contributed by atoms with E-state index in [2.05, 4.69) is 6.58 Å². The van der Waals surface area contributed by atoms with E-state index in [4.69, 9.17) is 33.3 Å². The number of likely N-dealkylation sites (N-methyl/N-ethyl adjacent to an activating group) is 1. The van der Waals surface area contributed by atoms with Crippen molar-refractivity contribution in [3.63, 3.8) is 0 Å². The Morgan fingerprint density at radius 3 is 2.61 bits per heavy atom. The SMILES string of the molecule is C=CCOc1c(Cl)cc(/C=C2/C(=O)N(c3ccccc3)C(=S)N2C)cc1OC. The molecule has 0 N–H and O–H groups in total. The first-order valence-corrected chi connectivity index (χ1v) is 9.26. The molecule has 1 aliphatic rings. The number of hydrogen-bond donors (Lipinski definition) is 0. The summed E-state index contributed by atoms with van der Waals surface area (Å²) in [5.74, 6) is 0.691. The maximum atomic E-state index is 13.0. The van der Waals surface area contributed by atoms with Gasteiger partial charge in [0.05, 0.1) is 17.8 Å². The van der Waals surface area contributed by atoms with Crippen molar-refractivity contribution in [3.8, 4) is 11.5 Å². The van der Waals surface area contributed by atoms with Crippen molar-refractivity contribution in [2.24, 2.45) is 0 Å². The fourth-order valence-electron chi connectivity index (χ4n) is 2.82. The molecule has 7 heteroatoms. The standard InChI is InChI=1S/C21H19ClN2O3S/c1-4-10-27-19-16(22)11-14(13-18(19)26-3)12-17-20(25)24(21(28)23(17)2)15-8-6-5-7-9-15/h4-9,11-13H,1,10H2,2-3H3/b17-12-. The molecular formula is C21H19ClN2O3S. The summed E-state index contributed by atoms with van der Waals surface area (Å²) in [6, 6.07) is 12.8. The van der Waals surface area contributed by atoms with Gasteiger partial charge in [-0.2, -0.15) is 0 Å². The van der Waals surface area contributed by atoms with Crippen molar-refractivity contribution >= 4 is 46.6 Å². The first-order valence-electron chi connectivity index (χ1n) is 8.48. The minimum Gasteiger partial charge on any atom is -0.493 e. The summed E-state index contributed by atoms with van der Waals surface area (Å²) in [7, 11) is 3.29. The Balaban J connectivity index is 1.99. The average molecular weight is 415 g/mol. The Hall–Kier alpha value is -2.83. The quantitative estimate of drug-likeness (QED) is 0.395. The lowest BCUT2D eigenvalue weighted by atomic mass is 10.1. The van der Waals surface area contributed by atoms with Crippen molar-refractivity contribution in [1.29, 1.82) is 0 Å². The van der Waals surface area contributed by atoms with Crippen LogP contribution >= 0.6 is 23.8 Å². The zero-order valence-electron chi connectivity index (χ0n) is 15.5. The zero-order valence-corrected chi connectivity index (χ0v) is 17.1. The first kappa shape index (κ1) is 19.9. The van der Waals surface area contributed by atoms with Crippen LogP contribution in [0.4, 0.5) is 5.69 Å². The molecule has 2 aromatic carbocycles. The minimum absolute atomic E-state index is 0.208. The zero-order chi connectivity index (χ0) is 20.3. The van der Waals surface area contributed by atoms with Gasteiger partial charge in [0.15, 0.2) is 16.6 Å². The second kappa shape index (κ2) is 8.46. The number of rotatable bonds is 6. The molecule has 0 radical (unpaired) electrons. The second-order valence-electron chi connectivity index (χ2n) is 5.98. The molecule has 1 aliphatic heterocycles. The number of halogens is 1. The highest BCUT2D eigenvalue weighted by atomic mass is 35.5. The summed E-state index contributed by atoms with van der Waals surface area (Å²) in [5, 5.41) is 0.787. The van der Waals surface area contributed by atoms with Gasteiger partial charge in [-0.1, -0.05) is 42.5 Å². The van der Waals surface area contributed by atoms with Gasteiger partial charge in [0.2, 0.25) is 0 Å². The van der Waals surface area contributed by atoms with Crippen LogP contribution in [0.15, 0.2) is 60.8 Å². The van der Waals surface area contributed by atoms with Gasteiger partial charge in [0.25, 0.3) is 5.91 Å². The number of methoxy groups -OCH3 is 1. The van der Waals surface area contributed by atoms with Gasteiger partial charge < -0.3 is 14.4 Å². The van der Waals surface area contributed by atoms with Gasteiger partial charge in [-0.25, -0.2) is 0 Å². The molecule has 1 saturated heterocycles. The van der Waals surface area contributed by atoms with Gasteiger partial charge in [0, 0.05) is 7.05 Å². The summed E-state index contributed by atoms with van der Waals surface area (Å²) >= 11 is 11.8. The van der Waals surface area contributed by atoms with Crippen molar-refractivity contribution in [2.45, 2.75) is 0 Å². The predicted molar refractivity (Wildman–Crippen MR) is 116 cm³/mol. The molecule has 2 aromatic rings. The lowest BCUT2D eigenvalue weighted by Crippen LogP contribution is -2.30. The molecule has 0 bridgehead atoms. The Kier molecular flexibility index (Phi) is 6.02. The third-order valence-corrected chi connectivity index (χ3v) is 4.91. The largest absolute Gasteiger partial charge is 0.493 e. The van der Waals surface area contributed by atoms with Crippen molar-refractivity contribution in [3.05, 3.63) is 71.4 Å². The van der Waals surface area contributed by atoms with Crippen molar-refractivity contribution < 1.29 is 14.3 Å². The van der Waals surface area contributed by atoms with Crippen LogP contribution in [0, 0.1) is 0 Å². The van der Waals surface area contributed by atoms with Gasteiger partial charge in [-0.3, -0.25) is 9.69 Å². The van der Waals surface area contributed by atoms with Gasteiger partial charge in [-0.15, -0.1) is 0 Å². The summed E-state index contributed by atoms with van der Waals surface area (Å²) < 4.78 is 11.0. The number of para-hydroxylation sites is 1. The van der Waals surface area contributed by atoms with Gasteiger partial charge >= 0.3 is 0 Å². The van der Waals surface area contributed by atoms with E-state index in [1.807, 2.05) is 30.3 Å². The lowest BCUT2D eigenvalue weighted by molar-refractivity contribution is -0.114. The molecule has 1 heterocycles. The molecule has 1 fully saturated rings. The van der Waals surface area contributed by atoms with Crippen LogP contribution in [-0.2, 0) is 4.79 Å². The highest BCUT2D eigenvalue weighted by Gasteiger charge is 2.36. The molecule has 144 valence electrons. The number of amides is 1. The lowest BCUT2D eigenvalue weighted by Gasteiger charge is -2.16. The van der Waals surface area contributed by atoms with Crippen LogP contribution in [0.2, 0.25) is 5.02 Å². The topological polar surface area (TPSA) is 42.0 Å². The summed E-state index contributed by atoms with van der Waals surface area (Å²) in [6.07, 6.45) is 3.35. The number of benzene rings is 2. The molecule has 0 atom stereocenters. The first-order chi connectivity index (χ1) is 13.5. The Morgan fingerprint density at radius 2 is 1.96 bits per heavy atom. The van der Waals surface area contributed by atoms with Crippen LogP contribution < -0.4 is 14.4 Å². The molecule has 1 amide bonds. The Morgan fingerprint density at radius 1 is 1.25 bits per heavy atom. The summed E-state index contributed by atoms with van der Waals surface area (Å²) in [5.41, 5.74) is 1.85. The number of carbonyl (C=O) groups is 1. The van der Waals surface area contributed by atoms with Crippen molar-refractivity contribution in [2.75, 3.05) is 25.7 Å². The molecule has 0 spiro atoms. The summed E-state index contributed by atoms with van der Waals surface area (Å²) in [4.78, 5) is 16.2. The molecular weight excluding hydrogens is 396 g/mol. The fourth-order valence-corrected chi connectivity index (χ4v) is 3.38. The normalized spacial score (nSPS) is 15.3. The van der Waals surface area contributed by atoms with E-state index in [-0.39, 0.29) is 5.91 Å². The number of ether oxygens (including phenoxy) is 2. The molecule has 0 unspecified atom stereocenters. The van der Waals surface area contributed by atoms with Crippen LogP contribution in [0.5, 0.6) is 11.5 Å². The number of carbonyl (C=O) groups excluding carboxylic acids is 1. The second-order valence-corrected chi connectivity index (χ2v) is 6.75. The third kappa shape index (κ3) is 3.74. The highest BCUT2D eigenvalue weighted by Crippen LogP contribution is 2.37. The van der Waals surface area contributed by atoms with E-state index < -0.39 is 0 Å². The predicted octanol–water partition coefficient (Wildman–Crippen LogP) is 4.52. The van der Waals surface area contributed by atoms with Gasteiger partial charge in [-0.05, 0) is 48.1 Å². The van der Waals surface area contributed by atoms with Crippen LogP contribution in [-0.4, -0.2) is 36.7 Å². The summed E-state index contributed by atoms with van der Waals surface area (Å²) in [6.45, 7) is 3.93. The highest BCUT2D eigenvalue weighted by molar-refractivity contribution is 7.80. The number of hydrogen-bond acceptors (Lipinski definition) is 4. The average Bonchev–Trinajstić information content (AvgIpc) is 2.90. The van der Waals surface area contributed by atoms with E-state index >= 15 is 0 Å². The Labute approximate surface area is 174 Å². The molecule has 28 heavy (non-hydrogen) atoms. The fraction of sp³-hybridized carbons (Fsp3) is 0.143. The molecule has 0 aliphatic carbocycles. The molecule has 3 rings (SSSR count). The molecule has 5 nitrogen and oxygen atoms in total. The van der Waals surface area contributed by atoms with Gasteiger partial charge in [0.1, 0.15) is 12.3 Å². The molecule has 0 saturated carbocycles. The minimum atomic E-state index is -0.208. The van der Waals surface area contributed by atoms with Crippen LogP contribution in [0.1, 0.15) is 5.56 Å². The van der Waals surface area contributed by atoms with Crippen molar-refractivity contribution in [1.82, 2.24) is 4.90 Å². The van der Waals surface area contributed by atoms with Crippen LogP contribution in [0.25, 0.3) is 6.08 Å². The third-order valence-electron chi connectivity index (χ3n) is 4.18. The smallest absolute Gasteiger partial charge is 0.281 e. The molecule has 0 aromatic heterocycles. The monoisotopic (exact) mass is 414 g/mol. The van der Waals surface area contributed by atoms with Crippen LogP contribution in [0.3, 0.4) is 0 Å². The van der Waals surface area contributed by atoms with E-state index in [0.29, 0.717) is 39.5 Å². The van der Waals surface area contributed by atoms with E-state index in [1.54, 1.807) is 36.2 Å². The van der Waals surface area contributed by atoms with E-state index in [9.17, 15) is 4.79 Å². The maximum absolute atomic E-state index is 13.0. The van der Waals surface area contributed by atoms with E-state index in [0.717, 1.165) is 5.69 Å². The maximum Gasteiger partial charge on any atom is 0.281 e. The Bertz CT molecular complexity index is 960. The number of nitrogens with zero attached hydrogens (tertiary/aromatic N) is 2.